The molecule has 0 bridgehead atoms. The lowest BCUT2D eigenvalue weighted by molar-refractivity contribution is -0.136. The van der Waals surface area contributed by atoms with Crippen LogP contribution in [0.3, 0.4) is 0 Å². The summed E-state index contributed by atoms with van der Waals surface area (Å²) in [6.07, 6.45) is 4.15. The highest BCUT2D eigenvalue weighted by Crippen LogP contribution is 2.12. The molecule has 0 amide bonds. The molecule has 0 N–H and O–H groups in total. The summed E-state index contributed by atoms with van der Waals surface area (Å²) in [5.74, 6) is 0.161. The van der Waals surface area contributed by atoms with E-state index in [-0.39, 0.29) is 12.6 Å². The molecule has 2 nitrogen and oxygen atoms in total. The predicted molar refractivity (Wildman–Crippen MR) is 54.4 cm³/mol. The van der Waals surface area contributed by atoms with Gasteiger partial charge in [-0.05, 0) is 19.3 Å². The van der Waals surface area contributed by atoms with Crippen LogP contribution in [0, 0.1) is 5.92 Å². The van der Waals surface area contributed by atoms with E-state index in [0.29, 0.717) is 5.92 Å². The van der Waals surface area contributed by atoms with E-state index < -0.39 is 0 Å². The molecule has 74 valence electrons. The molecular weight excluding hydrogens is 164 g/mol. The van der Waals surface area contributed by atoms with E-state index in [9.17, 15) is 4.79 Å². The van der Waals surface area contributed by atoms with E-state index >= 15 is 0 Å². The maximum atomic E-state index is 11.1. The molecule has 0 rings (SSSR count). The first kappa shape index (κ1) is 11.9. The SMILES string of the molecule is C=CCOC(=O)/C=C(\C)C(C)CC. The molecule has 0 aliphatic heterocycles. The summed E-state index contributed by atoms with van der Waals surface area (Å²) in [6.45, 7) is 9.88. The number of allylic oxidation sites excluding steroid dienone is 1. The van der Waals surface area contributed by atoms with E-state index in [2.05, 4.69) is 20.4 Å². The van der Waals surface area contributed by atoms with Gasteiger partial charge in [0.25, 0.3) is 0 Å². The first-order valence-corrected chi connectivity index (χ1v) is 4.57. The minimum absolute atomic E-state index is 0.280. The molecule has 1 unspecified atom stereocenters. The third kappa shape index (κ3) is 5.23. The van der Waals surface area contributed by atoms with Crippen LogP contribution in [0.4, 0.5) is 0 Å². The minimum atomic E-state index is -0.280. The van der Waals surface area contributed by atoms with E-state index in [1.165, 1.54) is 0 Å². The molecule has 0 saturated heterocycles. The largest absolute Gasteiger partial charge is 0.458 e. The number of esters is 1. The standard InChI is InChI=1S/C11H18O2/c1-5-7-13-11(12)8-10(4)9(3)6-2/h5,8-9H,1,6-7H2,2-4H3/b10-8+. The topological polar surface area (TPSA) is 26.3 Å². The van der Waals surface area contributed by atoms with Crippen LogP contribution in [-0.2, 0) is 9.53 Å². The summed E-state index contributed by atoms with van der Waals surface area (Å²) in [6, 6.07) is 0. The molecule has 0 fully saturated rings. The summed E-state index contributed by atoms with van der Waals surface area (Å²) >= 11 is 0. The second-order valence-corrected chi connectivity index (χ2v) is 3.12. The Morgan fingerprint density at radius 1 is 1.62 bits per heavy atom. The van der Waals surface area contributed by atoms with Gasteiger partial charge in [-0.15, -0.1) is 0 Å². The molecule has 13 heavy (non-hydrogen) atoms. The van der Waals surface area contributed by atoms with Crippen LogP contribution >= 0.6 is 0 Å². The van der Waals surface area contributed by atoms with Crippen LogP contribution in [0.25, 0.3) is 0 Å². The van der Waals surface area contributed by atoms with Crippen LogP contribution in [0.5, 0.6) is 0 Å². The summed E-state index contributed by atoms with van der Waals surface area (Å²) in [5, 5.41) is 0. The Morgan fingerprint density at radius 3 is 2.69 bits per heavy atom. The molecule has 0 aliphatic carbocycles. The van der Waals surface area contributed by atoms with Crippen molar-refractivity contribution >= 4 is 5.97 Å². The van der Waals surface area contributed by atoms with Gasteiger partial charge in [0.15, 0.2) is 0 Å². The van der Waals surface area contributed by atoms with Gasteiger partial charge in [-0.2, -0.15) is 0 Å². The molecule has 0 radical (unpaired) electrons. The highest BCUT2D eigenvalue weighted by molar-refractivity contribution is 5.82. The van der Waals surface area contributed by atoms with Crippen molar-refractivity contribution in [1.82, 2.24) is 0 Å². The quantitative estimate of drug-likeness (QED) is 0.371. The van der Waals surface area contributed by atoms with E-state index in [4.69, 9.17) is 4.74 Å². The smallest absolute Gasteiger partial charge is 0.331 e. The maximum absolute atomic E-state index is 11.1. The summed E-state index contributed by atoms with van der Waals surface area (Å²) < 4.78 is 4.82. The Balaban J connectivity index is 4.05. The van der Waals surface area contributed by atoms with Crippen molar-refractivity contribution in [3.05, 3.63) is 24.3 Å². The normalized spacial score (nSPS) is 13.6. The van der Waals surface area contributed by atoms with Gasteiger partial charge < -0.3 is 4.74 Å². The Labute approximate surface area is 80.3 Å². The van der Waals surface area contributed by atoms with Gasteiger partial charge in [-0.1, -0.05) is 32.1 Å². The fourth-order valence-corrected chi connectivity index (χ4v) is 0.833. The summed E-state index contributed by atoms with van der Waals surface area (Å²) in [7, 11) is 0. The van der Waals surface area contributed by atoms with Gasteiger partial charge >= 0.3 is 5.97 Å². The molecule has 0 spiro atoms. The van der Waals surface area contributed by atoms with Crippen molar-refractivity contribution in [3.8, 4) is 0 Å². The molecule has 0 saturated carbocycles. The first-order chi connectivity index (χ1) is 6.11. The average Bonchev–Trinajstić information content (AvgIpc) is 2.13. The lowest BCUT2D eigenvalue weighted by Gasteiger charge is -2.07. The van der Waals surface area contributed by atoms with Crippen molar-refractivity contribution < 1.29 is 9.53 Å². The van der Waals surface area contributed by atoms with Crippen molar-refractivity contribution in [2.75, 3.05) is 6.61 Å². The van der Waals surface area contributed by atoms with Crippen LogP contribution in [0.1, 0.15) is 27.2 Å². The molecule has 0 heterocycles. The second kappa shape index (κ2) is 6.46. The van der Waals surface area contributed by atoms with Crippen LogP contribution in [0.2, 0.25) is 0 Å². The molecule has 0 aromatic rings. The van der Waals surface area contributed by atoms with Gasteiger partial charge in [0.05, 0.1) is 0 Å². The lowest BCUT2D eigenvalue weighted by Crippen LogP contribution is -2.03. The highest BCUT2D eigenvalue weighted by Gasteiger charge is 2.03. The Morgan fingerprint density at radius 2 is 2.23 bits per heavy atom. The summed E-state index contributed by atoms with van der Waals surface area (Å²) in [4.78, 5) is 11.1. The average molecular weight is 182 g/mol. The number of hydrogen-bond acceptors (Lipinski definition) is 2. The van der Waals surface area contributed by atoms with Crippen molar-refractivity contribution in [2.24, 2.45) is 5.92 Å². The Kier molecular flexibility index (Phi) is 5.94. The maximum Gasteiger partial charge on any atom is 0.331 e. The fourth-order valence-electron chi connectivity index (χ4n) is 0.833. The van der Waals surface area contributed by atoms with Crippen LogP contribution in [0.15, 0.2) is 24.3 Å². The third-order valence-corrected chi connectivity index (χ3v) is 2.08. The fraction of sp³-hybridized carbons (Fsp3) is 0.545. The number of hydrogen-bond donors (Lipinski definition) is 0. The van der Waals surface area contributed by atoms with Gasteiger partial charge in [0, 0.05) is 6.08 Å². The monoisotopic (exact) mass is 182 g/mol. The molecule has 0 aliphatic rings. The highest BCUT2D eigenvalue weighted by atomic mass is 16.5. The Bertz CT molecular complexity index is 204. The van der Waals surface area contributed by atoms with Crippen molar-refractivity contribution in [1.29, 1.82) is 0 Å². The number of carbonyl (C=O) groups is 1. The molecule has 1 atom stereocenters. The summed E-state index contributed by atoms with van der Waals surface area (Å²) in [5.41, 5.74) is 1.07. The number of rotatable bonds is 5. The number of ether oxygens (including phenoxy) is 1. The van der Waals surface area contributed by atoms with Gasteiger partial charge in [0.2, 0.25) is 0 Å². The van der Waals surface area contributed by atoms with Crippen LogP contribution < -0.4 is 0 Å². The number of carbonyl (C=O) groups excluding carboxylic acids is 1. The first-order valence-electron chi connectivity index (χ1n) is 4.57. The Hall–Kier alpha value is -1.05. The predicted octanol–water partition coefficient (Wildman–Crippen LogP) is 2.71. The van der Waals surface area contributed by atoms with Crippen LogP contribution in [-0.4, -0.2) is 12.6 Å². The van der Waals surface area contributed by atoms with Crippen molar-refractivity contribution in [3.63, 3.8) is 0 Å². The van der Waals surface area contributed by atoms with E-state index in [0.717, 1.165) is 12.0 Å². The molecular formula is C11H18O2. The zero-order valence-corrected chi connectivity index (χ0v) is 8.67. The molecule has 2 heteroatoms. The zero-order valence-electron chi connectivity index (χ0n) is 8.67. The molecule has 0 aromatic carbocycles. The van der Waals surface area contributed by atoms with E-state index in [1.807, 2.05) is 6.92 Å². The third-order valence-electron chi connectivity index (χ3n) is 2.08. The zero-order chi connectivity index (χ0) is 10.3. The minimum Gasteiger partial charge on any atom is -0.458 e. The van der Waals surface area contributed by atoms with Gasteiger partial charge in [-0.3, -0.25) is 0 Å². The van der Waals surface area contributed by atoms with Gasteiger partial charge in [-0.25, -0.2) is 4.79 Å². The van der Waals surface area contributed by atoms with Gasteiger partial charge in [0.1, 0.15) is 6.61 Å². The second-order valence-electron chi connectivity index (χ2n) is 3.12. The lowest BCUT2D eigenvalue weighted by atomic mass is 10.00. The van der Waals surface area contributed by atoms with E-state index in [1.54, 1.807) is 12.2 Å². The van der Waals surface area contributed by atoms with Crippen molar-refractivity contribution in [2.45, 2.75) is 27.2 Å². The molecule has 0 aromatic heterocycles.